The second-order valence-electron chi connectivity index (χ2n) is 5.12. The van der Waals surface area contributed by atoms with Crippen molar-refractivity contribution in [3.05, 3.63) is 35.4 Å². The average Bonchev–Trinajstić information content (AvgIpc) is 2.52. The summed E-state index contributed by atoms with van der Waals surface area (Å²) in [5.74, 6) is 0.0797. The molecule has 0 amide bonds. The first-order valence-electron chi connectivity index (χ1n) is 7.81. The monoisotopic (exact) mass is 294 g/mol. The van der Waals surface area contributed by atoms with E-state index in [4.69, 9.17) is 0 Å². The average molecular weight is 294 g/mol. The summed E-state index contributed by atoms with van der Waals surface area (Å²) in [5.41, 5.74) is 1.55. The first kappa shape index (κ1) is 17.7. The molecule has 0 aliphatic rings. The highest BCUT2D eigenvalue weighted by atomic mass is 17.5. The molecule has 0 bridgehead atoms. The molecule has 4 heteroatoms. The molecule has 118 valence electrons. The minimum atomic E-state index is -0.510. The largest absolute Gasteiger partial charge is 0.376 e. The van der Waals surface area contributed by atoms with Crippen molar-refractivity contribution in [3.8, 4) is 0 Å². The highest BCUT2D eigenvalue weighted by molar-refractivity contribution is 5.90. The Labute approximate surface area is 127 Å². The third-order valence-corrected chi connectivity index (χ3v) is 3.56. The molecule has 0 N–H and O–H groups in total. The van der Waals surface area contributed by atoms with Gasteiger partial charge in [0, 0.05) is 0 Å². The Morgan fingerprint density at radius 1 is 1.19 bits per heavy atom. The zero-order chi connectivity index (χ0) is 15.5. The molecule has 1 rings (SSSR count). The van der Waals surface area contributed by atoms with Crippen LogP contribution in [0.4, 0.5) is 0 Å². The number of hydrogen-bond acceptors (Lipinski definition) is 4. The number of carbonyl (C=O) groups excluding carboxylic acids is 1. The standard InChI is InChI=1S/C17H26O4/c1-4-7-10-14(5-2)13-15-11-8-9-12-16(15)17(18)20-21-19-6-3/h8-9,11-12,14H,4-7,10,13H2,1-3H3. The molecule has 0 aliphatic heterocycles. The third kappa shape index (κ3) is 6.27. The van der Waals surface area contributed by atoms with Crippen LogP contribution < -0.4 is 0 Å². The fraction of sp³-hybridized carbons (Fsp3) is 0.588. The highest BCUT2D eigenvalue weighted by Gasteiger charge is 2.16. The van der Waals surface area contributed by atoms with Gasteiger partial charge in [0.2, 0.25) is 0 Å². The van der Waals surface area contributed by atoms with E-state index in [0.717, 1.165) is 18.4 Å². The maximum absolute atomic E-state index is 12.0. The van der Waals surface area contributed by atoms with E-state index in [1.54, 1.807) is 13.0 Å². The zero-order valence-electron chi connectivity index (χ0n) is 13.3. The van der Waals surface area contributed by atoms with Crippen molar-refractivity contribution in [1.82, 2.24) is 0 Å². The Morgan fingerprint density at radius 3 is 2.62 bits per heavy atom. The number of hydrogen-bond donors (Lipinski definition) is 0. The summed E-state index contributed by atoms with van der Waals surface area (Å²) in [6, 6.07) is 7.52. The maximum atomic E-state index is 12.0. The molecule has 0 radical (unpaired) electrons. The summed E-state index contributed by atoms with van der Waals surface area (Å²) < 4.78 is 0. The molecule has 4 nitrogen and oxygen atoms in total. The molecule has 0 aromatic heterocycles. The lowest BCUT2D eigenvalue weighted by molar-refractivity contribution is -0.479. The molecule has 0 spiro atoms. The molecule has 0 heterocycles. The first-order chi connectivity index (χ1) is 10.2. The molecular formula is C17H26O4. The van der Waals surface area contributed by atoms with Crippen molar-refractivity contribution in [2.45, 2.75) is 52.9 Å². The molecule has 1 unspecified atom stereocenters. The van der Waals surface area contributed by atoms with E-state index in [9.17, 15) is 4.79 Å². The number of unbranched alkanes of at least 4 members (excludes halogenated alkanes) is 1. The SMILES string of the molecule is CCCCC(CC)Cc1ccccc1C(=O)OOOCC. The van der Waals surface area contributed by atoms with Crippen LogP contribution in [0.3, 0.4) is 0 Å². The second kappa shape index (κ2) is 10.4. The van der Waals surface area contributed by atoms with Crippen molar-refractivity contribution in [1.29, 1.82) is 0 Å². The molecule has 1 aromatic carbocycles. The Hall–Kier alpha value is -1.39. The Morgan fingerprint density at radius 2 is 1.95 bits per heavy atom. The van der Waals surface area contributed by atoms with Crippen molar-refractivity contribution >= 4 is 5.97 Å². The summed E-state index contributed by atoms with van der Waals surface area (Å²) in [4.78, 5) is 21.2. The summed E-state index contributed by atoms with van der Waals surface area (Å²) in [6.45, 7) is 6.47. The van der Waals surface area contributed by atoms with E-state index in [2.05, 4.69) is 28.7 Å². The van der Waals surface area contributed by atoms with Gasteiger partial charge in [-0.2, -0.15) is 4.89 Å². The summed E-state index contributed by atoms with van der Waals surface area (Å²) >= 11 is 0. The summed E-state index contributed by atoms with van der Waals surface area (Å²) in [6.07, 6.45) is 5.60. The van der Waals surface area contributed by atoms with Crippen LogP contribution >= 0.6 is 0 Å². The van der Waals surface area contributed by atoms with E-state index >= 15 is 0 Å². The Kier molecular flexibility index (Phi) is 8.71. The first-order valence-corrected chi connectivity index (χ1v) is 7.81. The summed E-state index contributed by atoms with van der Waals surface area (Å²) in [5, 5.41) is 4.40. The minimum Gasteiger partial charge on any atom is -0.263 e. The van der Waals surface area contributed by atoms with Crippen LogP contribution in [0.2, 0.25) is 0 Å². The normalized spacial score (nSPS) is 12.1. The molecule has 0 fully saturated rings. The number of rotatable bonds is 10. The van der Waals surface area contributed by atoms with E-state index in [1.807, 2.05) is 18.2 Å². The van der Waals surface area contributed by atoms with Gasteiger partial charge in [0.15, 0.2) is 0 Å². The fourth-order valence-electron chi connectivity index (χ4n) is 2.30. The molecule has 0 aliphatic carbocycles. The van der Waals surface area contributed by atoms with Crippen LogP contribution in [-0.2, 0) is 21.2 Å². The van der Waals surface area contributed by atoms with Crippen molar-refractivity contribution in [2.75, 3.05) is 6.61 Å². The molecule has 0 saturated carbocycles. The predicted molar refractivity (Wildman–Crippen MR) is 81.6 cm³/mol. The lowest BCUT2D eigenvalue weighted by Crippen LogP contribution is -2.12. The Bertz CT molecular complexity index is 417. The van der Waals surface area contributed by atoms with E-state index in [-0.39, 0.29) is 0 Å². The zero-order valence-corrected chi connectivity index (χ0v) is 13.3. The van der Waals surface area contributed by atoms with Crippen LogP contribution in [0, 0.1) is 5.92 Å². The van der Waals surface area contributed by atoms with Crippen LogP contribution in [0.15, 0.2) is 24.3 Å². The molecular weight excluding hydrogens is 268 g/mol. The van der Waals surface area contributed by atoms with Crippen molar-refractivity contribution in [3.63, 3.8) is 0 Å². The molecule has 1 atom stereocenters. The van der Waals surface area contributed by atoms with E-state index < -0.39 is 5.97 Å². The van der Waals surface area contributed by atoms with Gasteiger partial charge in [0.05, 0.1) is 12.2 Å². The number of benzene rings is 1. The maximum Gasteiger partial charge on any atom is 0.376 e. The van der Waals surface area contributed by atoms with E-state index in [1.165, 1.54) is 19.3 Å². The van der Waals surface area contributed by atoms with Gasteiger partial charge in [-0.25, -0.2) is 4.79 Å². The van der Waals surface area contributed by atoms with Gasteiger partial charge < -0.3 is 0 Å². The molecule has 1 aromatic rings. The van der Waals surface area contributed by atoms with Gasteiger partial charge in [-0.05, 0) is 35.9 Å². The van der Waals surface area contributed by atoms with Crippen LogP contribution in [0.1, 0.15) is 62.4 Å². The van der Waals surface area contributed by atoms with Crippen molar-refractivity contribution < 1.29 is 19.6 Å². The quantitative estimate of drug-likeness (QED) is 0.362. The Balaban J connectivity index is 2.71. The molecule has 0 saturated heterocycles. The van der Waals surface area contributed by atoms with Gasteiger partial charge >= 0.3 is 5.97 Å². The van der Waals surface area contributed by atoms with E-state index in [0.29, 0.717) is 18.1 Å². The van der Waals surface area contributed by atoms with Crippen LogP contribution in [0.5, 0.6) is 0 Å². The van der Waals surface area contributed by atoms with Crippen LogP contribution in [-0.4, -0.2) is 12.6 Å². The fourth-order valence-corrected chi connectivity index (χ4v) is 2.30. The van der Waals surface area contributed by atoms with Gasteiger partial charge in [-0.1, -0.05) is 57.7 Å². The van der Waals surface area contributed by atoms with Gasteiger partial charge in [0.1, 0.15) is 0 Å². The summed E-state index contributed by atoms with van der Waals surface area (Å²) in [7, 11) is 0. The second-order valence-corrected chi connectivity index (χ2v) is 5.12. The molecule has 21 heavy (non-hydrogen) atoms. The third-order valence-electron chi connectivity index (χ3n) is 3.56. The minimum absolute atomic E-state index is 0.323. The topological polar surface area (TPSA) is 44.8 Å². The van der Waals surface area contributed by atoms with Gasteiger partial charge in [-0.3, -0.25) is 4.89 Å². The van der Waals surface area contributed by atoms with Gasteiger partial charge in [0.25, 0.3) is 0 Å². The predicted octanol–water partition coefficient (Wildman–Crippen LogP) is 4.49. The van der Waals surface area contributed by atoms with Crippen molar-refractivity contribution in [2.24, 2.45) is 5.92 Å². The van der Waals surface area contributed by atoms with Gasteiger partial charge in [-0.15, -0.1) is 0 Å². The lowest BCUT2D eigenvalue weighted by Gasteiger charge is -2.16. The highest BCUT2D eigenvalue weighted by Crippen LogP contribution is 2.21. The smallest absolute Gasteiger partial charge is 0.263 e. The van der Waals surface area contributed by atoms with Crippen LogP contribution in [0.25, 0.3) is 0 Å². The lowest BCUT2D eigenvalue weighted by atomic mass is 9.90. The number of carbonyl (C=O) groups is 1.